The van der Waals surface area contributed by atoms with Crippen molar-refractivity contribution in [2.24, 2.45) is 0 Å². The maximum absolute atomic E-state index is 12.4. The Hall–Kier alpha value is -3.67. The number of rotatable bonds is 8. The Morgan fingerprint density at radius 3 is 2.03 bits per heavy atom. The number of carbonyl (C=O) groups is 2. The summed E-state index contributed by atoms with van der Waals surface area (Å²) in [6.07, 6.45) is 4.76. The van der Waals surface area contributed by atoms with Crippen LogP contribution < -0.4 is 19.9 Å². The number of anilines is 2. The standard InChI is InChI=1S/C24H25N3O3/c1-3-18-13-15-27(16-14-18)17-23(28)25-20-7-5-19(6-8-20)24(29)26-21-9-11-22(12-10-21)30-4-2/h5-16H,3-4,17H2,1-2H3,(H-,25,26,28,29)/p+1. The highest BCUT2D eigenvalue weighted by Gasteiger charge is 2.11. The van der Waals surface area contributed by atoms with Gasteiger partial charge in [0.05, 0.1) is 6.61 Å². The molecule has 0 radical (unpaired) electrons. The highest BCUT2D eigenvalue weighted by molar-refractivity contribution is 6.04. The van der Waals surface area contributed by atoms with E-state index in [1.54, 1.807) is 36.4 Å². The van der Waals surface area contributed by atoms with E-state index >= 15 is 0 Å². The van der Waals surface area contributed by atoms with Crippen LogP contribution in [0.15, 0.2) is 73.1 Å². The van der Waals surface area contributed by atoms with Gasteiger partial charge in [0.25, 0.3) is 11.8 Å². The van der Waals surface area contributed by atoms with E-state index in [2.05, 4.69) is 17.6 Å². The Bertz CT molecular complexity index is 982. The van der Waals surface area contributed by atoms with Crippen LogP contribution in [0.5, 0.6) is 5.75 Å². The molecule has 0 bridgehead atoms. The van der Waals surface area contributed by atoms with Crippen LogP contribution in [0.3, 0.4) is 0 Å². The number of amides is 2. The first-order chi connectivity index (χ1) is 14.6. The summed E-state index contributed by atoms with van der Waals surface area (Å²) in [6.45, 7) is 4.83. The van der Waals surface area contributed by atoms with E-state index < -0.39 is 0 Å². The van der Waals surface area contributed by atoms with Crippen LogP contribution in [0, 0.1) is 0 Å². The van der Waals surface area contributed by atoms with E-state index in [0.29, 0.717) is 23.5 Å². The molecule has 0 atom stereocenters. The first-order valence-corrected chi connectivity index (χ1v) is 9.99. The zero-order chi connectivity index (χ0) is 21.3. The molecule has 2 aromatic carbocycles. The molecular weight excluding hydrogens is 378 g/mol. The Balaban J connectivity index is 1.54. The minimum absolute atomic E-state index is 0.129. The van der Waals surface area contributed by atoms with E-state index in [0.717, 1.165) is 12.2 Å². The second-order valence-corrected chi connectivity index (χ2v) is 6.77. The van der Waals surface area contributed by atoms with Crippen molar-refractivity contribution in [3.8, 4) is 5.75 Å². The lowest BCUT2D eigenvalue weighted by molar-refractivity contribution is -0.684. The van der Waals surface area contributed by atoms with Crippen LogP contribution in [0.2, 0.25) is 0 Å². The summed E-state index contributed by atoms with van der Waals surface area (Å²) >= 11 is 0. The normalized spacial score (nSPS) is 10.3. The molecule has 6 nitrogen and oxygen atoms in total. The van der Waals surface area contributed by atoms with Gasteiger partial charge in [-0.2, -0.15) is 4.57 Å². The number of hydrogen-bond donors (Lipinski definition) is 2. The Kier molecular flexibility index (Phi) is 7.16. The van der Waals surface area contributed by atoms with Crippen molar-refractivity contribution >= 4 is 23.2 Å². The van der Waals surface area contributed by atoms with Gasteiger partial charge in [-0.05, 0) is 67.4 Å². The topological polar surface area (TPSA) is 71.3 Å². The van der Waals surface area contributed by atoms with Crippen LogP contribution in [-0.4, -0.2) is 18.4 Å². The number of hydrogen-bond acceptors (Lipinski definition) is 3. The molecule has 2 N–H and O–H groups in total. The van der Waals surface area contributed by atoms with Gasteiger partial charge in [0.15, 0.2) is 12.4 Å². The summed E-state index contributed by atoms with van der Waals surface area (Å²) in [7, 11) is 0. The minimum atomic E-state index is -0.219. The number of benzene rings is 2. The largest absolute Gasteiger partial charge is 0.494 e. The van der Waals surface area contributed by atoms with E-state index in [1.807, 2.05) is 48.1 Å². The maximum Gasteiger partial charge on any atom is 0.290 e. The van der Waals surface area contributed by atoms with Gasteiger partial charge in [-0.25, -0.2) is 0 Å². The molecule has 1 aromatic heterocycles. The summed E-state index contributed by atoms with van der Waals surface area (Å²) in [4.78, 5) is 24.7. The fourth-order valence-corrected chi connectivity index (χ4v) is 2.91. The van der Waals surface area contributed by atoms with Crippen LogP contribution in [-0.2, 0) is 17.8 Å². The molecule has 0 saturated heterocycles. The highest BCUT2D eigenvalue weighted by Crippen LogP contribution is 2.17. The first-order valence-electron chi connectivity index (χ1n) is 9.99. The van der Waals surface area contributed by atoms with Gasteiger partial charge in [-0.3, -0.25) is 9.59 Å². The second kappa shape index (κ2) is 10.2. The van der Waals surface area contributed by atoms with Crippen LogP contribution >= 0.6 is 0 Å². The molecule has 3 aromatic rings. The van der Waals surface area contributed by atoms with E-state index in [4.69, 9.17) is 4.74 Å². The number of carbonyl (C=O) groups excluding carboxylic acids is 2. The zero-order valence-corrected chi connectivity index (χ0v) is 17.2. The fourth-order valence-electron chi connectivity index (χ4n) is 2.91. The molecule has 0 unspecified atom stereocenters. The fraction of sp³-hybridized carbons (Fsp3) is 0.208. The molecule has 1 heterocycles. The number of nitrogens with one attached hydrogen (secondary N) is 2. The van der Waals surface area contributed by atoms with Gasteiger partial charge >= 0.3 is 0 Å². The van der Waals surface area contributed by atoms with Crippen LogP contribution in [0.4, 0.5) is 11.4 Å². The third-order valence-electron chi connectivity index (χ3n) is 4.55. The van der Waals surface area contributed by atoms with Crippen molar-refractivity contribution in [1.29, 1.82) is 0 Å². The van der Waals surface area contributed by atoms with E-state index in [-0.39, 0.29) is 18.4 Å². The number of aromatic nitrogens is 1. The van der Waals surface area contributed by atoms with Crippen molar-refractivity contribution in [3.05, 3.63) is 84.2 Å². The quantitative estimate of drug-likeness (QED) is 0.561. The second-order valence-electron chi connectivity index (χ2n) is 6.77. The molecule has 0 saturated carbocycles. The predicted molar refractivity (Wildman–Crippen MR) is 117 cm³/mol. The SMILES string of the molecule is CCOc1ccc(NC(=O)c2ccc(NC(=O)C[n+]3ccc(CC)cc3)cc2)cc1. The molecular formula is C24H26N3O3+. The highest BCUT2D eigenvalue weighted by atomic mass is 16.5. The molecule has 2 amide bonds. The van der Waals surface area contributed by atoms with E-state index in [9.17, 15) is 9.59 Å². The lowest BCUT2D eigenvalue weighted by Crippen LogP contribution is -2.39. The molecule has 154 valence electrons. The summed E-state index contributed by atoms with van der Waals surface area (Å²) in [5.74, 6) is 0.412. The molecule has 0 fully saturated rings. The van der Waals surface area contributed by atoms with Crippen molar-refractivity contribution in [2.75, 3.05) is 17.2 Å². The molecule has 3 rings (SSSR count). The van der Waals surface area contributed by atoms with Crippen molar-refractivity contribution in [1.82, 2.24) is 0 Å². The smallest absolute Gasteiger partial charge is 0.290 e. The average Bonchev–Trinajstić information content (AvgIpc) is 2.76. The molecule has 0 aliphatic heterocycles. The van der Waals surface area contributed by atoms with Gasteiger partial charge in [0, 0.05) is 29.1 Å². The Morgan fingerprint density at radius 1 is 0.833 bits per heavy atom. The lowest BCUT2D eigenvalue weighted by Gasteiger charge is -2.08. The molecule has 0 aliphatic rings. The molecule has 6 heteroatoms. The first kappa shape index (κ1) is 21.0. The Labute approximate surface area is 176 Å². The number of aryl methyl sites for hydroxylation is 1. The molecule has 30 heavy (non-hydrogen) atoms. The summed E-state index contributed by atoms with van der Waals surface area (Å²) in [6, 6.07) is 18.0. The maximum atomic E-state index is 12.4. The van der Waals surface area contributed by atoms with Gasteiger partial charge in [-0.15, -0.1) is 0 Å². The van der Waals surface area contributed by atoms with Crippen LogP contribution in [0.1, 0.15) is 29.8 Å². The van der Waals surface area contributed by atoms with E-state index in [1.165, 1.54) is 5.56 Å². The Morgan fingerprint density at radius 2 is 1.43 bits per heavy atom. The summed E-state index contributed by atoms with van der Waals surface area (Å²) in [5, 5.41) is 5.69. The minimum Gasteiger partial charge on any atom is -0.494 e. The molecule has 0 spiro atoms. The summed E-state index contributed by atoms with van der Waals surface area (Å²) in [5.41, 5.74) is 3.06. The van der Waals surface area contributed by atoms with Crippen molar-refractivity contribution in [2.45, 2.75) is 26.8 Å². The van der Waals surface area contributed by atoms with Gasteiger partial charge in [0.2, 0.25) is 6.54 Å². The lowest BCUT2D eigenvalue weighted by atomic mass is 10.2. The van der Waals surface area contributed by atoms with Crippen LogP contribution in [0.25, 0.3) is 0 Å². The monoisotopic (exact) mass is 404 g/mol. The van der Waals surface area contributed by atoms with Crippen molar-refractivity contribution in [3.63, 3.8) is 0 Å². The third kappa shape index (κ3) is 5.91. The zero-order valence-electron chi connectivity index (χ0n) is 17.2. The number of nitrogens with zero attached hydrogens (tertiary/aromatic N) is 1. The molecule has 0 aliphatic carbocycles. The van der Waals surface area contributed by atoms with Gasteiger partial charge < -0.3 is 15.4 Å². The van der Waals surface area contributed by atoms with Gasteiger partial charge in [-0.1, -0.05) is 6.92 Å². The van der Waals surface area contributed by atoms with Crippen molar-refractivity contribution < 1.29 is 18.9 Å². The summed E-state index contributed by atoms with van der Waals surface area (Å²) < 4.78 is 7.22. The predicted octanol–water partition coefficient (Wildman–Crippen LogP) is 3.83. The number of pyridine rings is 1. The van der Waals surface area contributed by atoms with Gasteiger partial charge in [0.1, 0.15) is 5.75 Å². The number of ether oxygens (including phenoxy) is 1. The third-order valence-corrected chi connectivity index (χ3v) is 4.55. The average molecular weight is 404 g/mol.